The van der Waals surface area contributed by atoms with Crippen LogP contribution in [0.4, 0.5) is 5.82 Å². The average Bonchev–Trinajstić information content (AvgIpc) is 3.03. The van der Waals surface area contributed by atoms with Gasteiger partial charge in [0.25, 0.3) is 0 Å². The second kappa shape index (κ2) is 5.31. The number of anilines is 1. The number of rotatable bonds is 2. The van der Waals surface area contributed by atoms with Gasteiger partial charge in [0.05, 0.1) is 30.6 Å². The Hall–Kier alpha value is -2.02. The van der Waals surface area contributed by atoms with Crippen molar-refractivity contribution in [1.29, 1.82) is 0 Å². The van der Waals surface area contributed by atoms with Crippen LogP contribution in [0.2, 0.25) is 0 Å². The molecule has 0 amide bonds. The third kappa shape index (κ3) is 2.16. The summed E-state index contributed by atoms with van der Waals surface area (Å²) < 4.78 is 8.00. The molecule has 116 valence electrons. The zero-order valence-electron chi connectivity index (χ0n) is 12.9. The summed E-state index contributed by atoms with van der Waals surface area (Å²) in [6.07, 6.45) is 5.88. The van der Waals surface area contributed by atoms with Gasteiger partial charge in [-0.1, -0.05) is 12.1 Å². The molecule has 22 heavy (non-hydrogen) atoms. The van der Waals surface area contributed by atoms with E-state index in [2.05, 4.69) is 32.1 Å². The van der Waals surface area contributed by atoms with Gasteiger partial charge in [0.1, 0.15) is 11.6 Å². The fourth-order valence-electron chi connectivity index (χ4n) is 3.38. The Bertz CT molecular complexity index is 684. The molecule has 4 rings (SSSR count). The van der Waals surface area contributed by atoms with Crippen molar-refractivity contribution in [3.8, 4) is 0 Å². The van der Waals surface area contributed by atoms with Gasteiger partial charge in [-0.15, -0.1) is 5.10 Å². The summed E-state index contributed by atoms with van der Waals surface area (Å²) in [5.74, 6) is 1.87. The molecular weight excluding hydrogens is 280 g/mol. The Morgan fingerprint density at radius 1 is 1.36 bits per heavy atom. The summed E-state index contributed by atoms with van der Waals surface area (Å²) in [7, 11) is 0. The highest BCUT2D eigenvalue weighted by Crippen LogP contribution is 2.32. The fourth-order valence-corrected chi connectivity index (χ4v) is 3.38. The lowest BCUT2D eigenvalue weighted by Crippen LogP contribution is -2.48. The maximum atomic E-state index is 5.97. The Morgan fingerprint density at radius 2 is 2.27 bits per heavy atom. The van der Waals surface area contributed by atoms with Crippen LogP contribution in [0.5, 0.6) is 0 Å². The van der Waals surface area contributed by atoms with Crippen LogP contribution in [-0.4, -0.2) is 44.2 Å². The lowest BCUT2D eigenvalue weighted by atomic mass is 10.00. The number of aryl methyl sites for hydroxylation is 2. The number of piperidine rings is 1. The Morgan fingerprint density at radius 3 is 3.14 bits per heavy atom. The Kier molecular flexibility index (Phi) is 3.29. The standard InChI is InChI=1S/C15H20N6O/c1-3-11-6-16-10(2)18-15(11)20-5-4-14-13(8-20)21-12(9-22-14)7-17-19-21/h6-7,13-14H,3-5,8-9H2,1-2H3/t13-,14+/m0/s1. The molecule has 1 saturated heterocycles. The van der Waals surface area contributed by atoms with Gasteiger partial charge < -0.3 is 9.64 Å². The first kappa shape index (κ1) is 13.6. The Balaban J connectivity index is 1.66. The molecule has 0 N–H and O–H groups in total. The molecule has 2 aromatic heterocycles. The van der Waals surface area contributed by atoms with Crippen molar-refractivity contribution in [2.45, 2.75) is 45.4 Å². The molecule has 0 saturated carbocycles. The predicted octanol–water partition coefficient (Wildman–Crippen LogP) is 1.29. The quantitative estimate of drug-likeness (QED) is 0.832. The monoisotopic (exact) mass is 300 g/mol. The van der Waals surface area contributed by atoms with Gasteiger partial charge in [0, 0.05) is 24.8 Å². The van der Waals surface area contributed by atoms with E-state index in [0.717, 1.165) is 43.3 Å². The first-order valence-electron chi connectivity index (χ1n) is 7.84. The molecule has 4 heterocycles. The van der Waals surface area contributed by atoms with E-state index in [4.69, 9.17) is 4.74 Å². The van der Waals surface area contributed by atoms with E-state index in [0.29, 0.717) is 6.61 Å². The van der Waals surface area contributed by atoms with Crippen molar-refractivity contribution in [2.75, 3.05) is 18.0 Å². The maximum absolute atomic E-state index is 5.97. The molecule has 1 fully saturated rings. The SMILES string of the molecule is CCc1cnc(C)nc1N1CC[C@H]2OCc3cnnn3[C@H]2C1. The second-order valence-electron chi connectivity index (χ2n) is 5.94. The topological polar surface area (TPSA) is 69.0 Å². The summed E-state index contributed by atoms with van der Waals surface area (Å²) in [5, 5.41) is 8.29. The molecule has 0 radical (unpaired) electrons. The van der Waals surface area contributed by atoms with Crippen LogP contribution in [0.15, 0.2) is 12.4 Å². The molecule has 0 aromatic carbocycles. The van der Waals surface area contributed by atoms with Gasteiger partial charge in [-0.2, -0.15) is 0 Å². The summed E-state index contributed by atoms with van der Waals surface area (Å²) in [5.41, 5.74) is 2.25. The second-order valence-corrected chi connectivity index (χ2v) is 5.94. The van der Waals surface area contributed by atoms with Gasteiger partial charge in [-0.3, -0.25) is 0 Å². The molecule has 2 aliphatic heterocycles. The van der Waals surface area contributed by atoms with Crippen LogP contribution in [0.1, 0.15) is 36.5 Å². The fraction of sp³-hybridized carbons (Fsp3) is 0.600. The largest absolute Gasteiger partial charge is 0.370 e. The van der Waals surface area contributed by atoms with Crippen molar-refractivity contribution >= 4 is 5.82 Å². The van der Waals surface area contributed by atoms with E-state index in [9.17, 15) is 0 Å². The van der Waals surface area contributed by atoms with Crippen molar-refractivity contribution < 1.29 is 4.74 Å². The van der Waals surface area contributed by atoms with Gasteiger partial charge in [0.2, 0.25) is 0 Å². The minimum atomic E-state index is 0.208. The zero-order valence-corrected chi connectivity index (χ0v) is 12.9. The minimum absolute atomic E-state index is 0.208. The van der Waals surface area contributed by atoms with Crippen molar-refractivity contribution in [1.82, 2.24) is 25.0 Å². The average molecular weight is 300 g/mol. The van der Waals surface area contributed by atoms with Gasteiger partial charge in [0.15, 0.2) is 0 Å². The van der Waals surface area contributed by atoms with E-state index in [1.165, 1.54) is 5.56 Å². The lowest BCUT2D eigenvalue weighted by molar-refractivity contribution is -0.0373. The summed E-state index contributed by atoms with van der Waals surface area (Å²) >= 11 is 0. The number of hydrogen-bond donors (Lipinski definition) is 0. The number of hydrogen-bond acceptors (Lipinski definition) is 6. The van der Waals surface area contributed by atoms with Crippen molar-refractivity contribution in [2.24, 2.45) is 0 Å². The number of fused-ring (bicyclic) bond motifs is 3. The molecule has 0 unspecified atom stereocenters. The summed E-state index contributed by atoms with van der Waals surface area (Å²) in [6, 6.07) is 0.208. The van der Waals surface area contributed by atoms with Crippen molar-refractivity contribution in [3.05, 3.63) is 29.5 Å². The van der Waals surface area contributed by atoms with Crippen LogP contribution in [0, 0.1) is 6.92 Å². The van der Waals surface area contributed by atoms with E-state index in [1.54, 1.807) is 6.20 Å². The molecule has 0 aliphatic carbocycles. The van der Waals surface area contributed by atoms with Crippen molar-refractivity contribution in [3.63, 3.8) is 0 Å². The number of ether oxygens (including phenoxy) is 1. The van der Waals surface area contributed by atoms with E-state index < -0.39 is 0 Å². The smallest absolute Gasteiger partial charge is 0.135 e. The maximum Gasteiger partial charge on any atom is 0.135 e. The predicted molar refractivity (Wildman–Crippen MR) is 80.6 cm³/mol. The van der Waals surface area contributed by atoms with Gasteiger partial charge in [-0.25, -0.2) is 14.6 Å². The molecular formula is C15H20N6O. The summed E-state index contributed by atoms with van der Waals surface area (Å²) in [6.45, 7) is 6.50. The highest BCUT2D eigenvalue weighted by molar-refractivity contribution is 5.47. The molecule has 2 atom stereocenters. The molecule has 7 nitrogen and oxygen atoms in total. The van der Waals surface area contributed by atoms with Crippen LogP contribution < -0.4 is 4.90 Å². The van der Waals surface area contributed by atoms with Crippen LogP contribution >= 0.6 is 0 Å². The van der Waals surface area contributed by atoms with Crippen LogP contribution in [-0.2, 0) is 17.8 Å². The lowest BCUT2D eigenvalue weighted by Gasteiger charge is -2.41. The van der Waals surface area contributed by atoms with E-state index in [-0.39, 0.29) is 12.1 Å². The summed E-state index contributed by atoms with van der Waals surface area (Å²) in [4.78, 5) is 11.3. The third-order valence-electron chi connectivity index (χ3n) is 4.57. The molecule has 2 aromatic rings. The van der Waals surface area contributed by atoms with E-state index in [1.807, 2.05) is 17.8 Å². The minimum Gasteiger partial charge on any atom is -0.370 e. The van der Waals surface area contributed by atoms with Crippen LogP contribution in [0.3, 0.4) is 0 Å². The normalized spacial score (nSPS) is 24.0. The Labute approximate surface area is 129 Å². The first-order valence-corrected chi connectivity index (χ1v) is 7.84. The highest BCUT2D eigenvalue weighted by atomic mass is 16.5. The number of aromatic nitrogens is 5. The zero-order chi connectivity index (χ0) is 15.1. The third-order valence-corrected chi connectivity index (χ3v) is 4.57. The van der Waals surface area contributed by atoms with E-state index >= 15 is 0 Å². The molecule has 0 spiro atoms. The highest BCUT2D eigenvalue weighted by Gasteiger charge is 2.37. The van der Waals surface area contributed by atoms with Gasteiger partial charge >= 0.3 is 0 Å². The van der Waals surface area contributed by atoms with Crippen LogP contribution in [0.25, 0.3) is 0 Å². The molecule has 2 aliphatic rings. The first-order chi connectivity index (χ1) is 10.8. The molecule has 0 bridgehead atoms. The number of nitrogens with zero attached hydrogens (tertiary/aromatic N) is 6. The molecule has 7 heteroatoms. The van der Waals surface area contributed by atoms with Gasteiger partial charge in [-0.05, 0) is 19.8 Å².